The third-order valence-electron chi connectivity index (χ3n) is 3.92. The van der Waals surface area contributed by atoms with Gasteiger partial charge >= 0.3 is 24.1 Å². The summed E-state index contributed by atoms with van der Waals surface area (Å²) in [6, 6.07) is 7.70. The highest BCUT2D eigenvalue weighted by atomic mass is 32.1. The summed E-state index contributed by atoms with van der Waals surface area (Å²) in [7, 11) is 0. The lowest BCUT2D eigenvalue weighted by molar-refractivity contribution is -0.420. The van der Waals surface area contributed by atoms with Crippen molar-refractivity contribution in [1.29, 1.82) is 0 Å². The quantitative estimate of drug-likeness (QED) is 0.215. The lowest BCUT2D eigenvalue weighted by atomic mass is 10.1. The standard InChI is InChI=1S/C18H8F6N2O6S/c19-17(20,21)31-11-5-1-9(2-6-11)15-13(25(27)28)14(26(29)30)16(33-15)10-3-7-12(8-4-10)32-18(22,23)24/h1-8H. The lowest BCUT2D eigenvalue weighted by Gasteiger charge is -2.08. The van der Waals surface area contributed by atoms with Gasteiger partial charge in [0.25, 0.3) is 0 Å². The molecule has 0 fully saturated rings. The summed E-state index contributed by atoms with van der Waals surface area (Å²) in [5, 5.41) is 23.2. The van der Waals surface area contributed by atoms with E-state index in [9.17, 15) is 46.6 Å². The van der Waals surface area contributed by atoms with Crippen LogP contribution in [0.4, 0.5) is 37.7 Å². The molecule has 0 unspecified atom stereocenters. The maximum atomic E-state index is 12.3. The predicted molar refractivity (Wildman–Crippen MR) is 102 cm³/mol. The van der Waals surface area contributed by atoms with Gasteiger partial charge in [-0.3, -0.25) is 20.2 Å². The van der Waals surface area contributed by atoms with E-state index in [2.05, 4.69) is 9.47 Å². The molecule has 8 nitrogen and oxygen atoms in total. The molecule has 33 heavy (non-hydrogen) atoms. The van der Waals surface area contributed by atoms with Gasteiger partial charge in [0.05, 0.1) is 9.85 Å². The highest BCUT2D eigenvalue weighted by molar-refractivity contribution is 7.20. The molecular formula is C18H8F6N2O6S. The van der Waals surface area contributed by atoms with Gasteiger partial charge in [-0.15, -0.1) is 37.7 Å². The summed E-state index contributed by atoms with van der Waals surface area (Å²) in [5.74, 6) is -1.22. The Bertz CT molecular complexity index is 1100. The fourth-order valence-electron chi connectivity index (χ4n) is 2.76. The van der Waals surface area contributed by atoms with Gasteiger partial charge in [-0.25, -0.2) is 0 Å². The summed E-state index contributed by atoms with van der Waals surface area (Å²) in [6.07, 6.45) is -9.94. The molecule has 0 amide bonds. The number of ether oxygens (including phenoxy) is 2. The molecule has 2 aromatic carbocycles. The summed E-state index contributed by atoms with van der Waals surface area (Å²) in [4.78, 5) is 20.7. The minimum atomic E-state index is -4.97. The molecule has 3 rings (SSSR count). The minimum Gasteiger partial charge on any atom is -0.406 e. The van der Waals surface area contributed by atoms with Crippen LogP contribution in [0.1, 0.15) is 0 Å². The smallest absolute Gasteiger partial charge is 0.406 e. The molecule has 0 N–H and O–H groups in total. The Balaban J connectivity index is 2.09. The van der Waals surface area contributed by atoms with Gasteiger partial charge in [-0.05, 0) is 59.7 Å². The molecule has 0 saturated carbocycles. The molecule has 0 radical (unpaired) electrons. The van der Waals surface area contributed by atoms with E-state index in [0.29, 0.717) is 11.3 Å². The minimum absolute atomic E-state index is 0.00685. The molecule has 0 atom stereocenters. The van der Waals surface area contributed by atoms with Crippen LogP contribution < -0.4 is 9.47 Å². The van der Waals surface area contributed by atoms with Gasteiger partial charge in [0.15, 0.2) is 0 Å². The van der Waals surface area contributed by atoms with Gasteiger partial charge in [0.2, 0.25) is 0 Å². The van der Waals surface area contributed by atoms with Crippen molar-refractivity contribution >= 4 is 22.7 Å². The highest BCUT2D eigenvalue weighted by Gasteiger charge is 2.38. The summed E-state index contributed by atoms with van der Waals surface area (Å²) < 4.78 is 81.4. The molecule has 0 spiro atoms. The molecule has 15 heteroatoms. The number of benzene rings is 2. The van der Waals surface area contributed by atoms with Crippen molar-refractivity contribution in [2.24, 2.45) is 0 Å². The van der Waals surface area contributed by atoms with E-state index in [1.54, 1.807) is 0 Å². The number of nitrogens with zero attached hydrogens (tertiary/aromatic N) is 2. The van der Waals surface area contributed by atoms with E-state index in [-0.39, 0.29) is 20.9 Å². The first-order valence-electron chi connectivity index (χ1n) is 8.43. The number of alkyl halides is 6. The van der Waals surface area contributed by atoms with E-state index in [0.717, 1.165) is 48.5 Å². The van der Waals surface area contributed by atoms with Crippen molar-refractivity contribution in [3.63, 3.8) is 0 Å². The fraction of sp³-hybridized carbons (Fsp3) is 0.111. The number of hydrogen-bond donors (Lipinski definition) is 0. The van der Waals surface area contributed by atoms with Crippen LogP contribution in [0.15, 0.2) is 48.5 Å². The SMILES string of the molecule is O=[N+]([O-])c1c(-c2ccc(OC(F)(F)F)cc2)sc(-c2ccc(OC(F)(F)F)cc2)c1[N+](=O)[O-]. The number of hydrogen-bond acceptors (Lipinski definition) is 7. The molecule has 0 saturated heterocycles. The van der Waals surface area contributed by atoms with Crippen LogP contribution in [0.25, 0.3) is 20.9 Å². The van der Waals surface area contributed by atoms with Crippen LogP contribution in [-0.2, 0) is 0 Å². The summed E-state index contributed by atoms with van der Waals surface area (Å²) in [6.45, 7) is 0. The number of halogens is 6. The molecule has 0 bridgehead atoms. The first kappa shape index (κ1) is 23.8. The van der Waals surface area contributed by atoms with Crippen molar-refractivity contribution in [1.82, 2.24) is 0 Å². The molecule has 1 heterocycles. The Morgan fingerprint density at radius 1 is 0.636 bits per heavy atom. The van der Waals surface area contributed by atoms with E-state index in [1.165, 1.54) is 0 Å². The zero-order valence-electron chi connectivity index (χ0n) is 15.6. The topological polar surface area (TPSA) is 105 Å². The number of thiophene rings is 1. The van der Waals surface area contributed by atoms with Crippen molar-refractivity contribution < 1.29 is 45.7 Å². The predicted octanol–water partition coefficient (Wildman–Crippen LogP) is 6.70. The van der Waals surface area contributed by atoms with Crippen LogP contribution >= 0.6 is 11.3 Å². The molecule has 1 aromatic heterocycles. The Hall–Kier alpha value is -3.88. The first-order valence-corrected chi connectivity index (χ1v) is 9.25. The summed E-state index contributed by atoms with van der Waals surface area (Å²) in [5.41, 5.74) is -1.85. The molecule has 0 aliphatic heterocycles. The normalized spacial score (nSPS) is 11.8. The summed E-state index contributed by atoms with van der Waals surface area (Å²) >= 11 is 0.578. The maximum absolute atomic E-state index is 12.3. The average Bonchev–Trinajstić information content (AvgIpc) is 3.08. The van der Waals surface area contributed by atoms with Gasteiger partial charge in [-0.2, -0.15) is 0 Å². The third kappa shape index (κ3) is 5.68. The monoisotopic (exact) mass is 494 g/mol. The van der Waals surface area contributed by atoms with Crippen molar-refractivity contribution in [3.8, 4) is 32.4 Å². The van der Waals surface area contributed by atoms with Crippen LogP contribution in [0.2, 0.25) is 0 Å². The third-order valence-corrected chi connectivity index (χ3v) is 5.19. The Labute approximate surface area is 182 Å². The molecule has 0 aliphatic rings. The van der Waals surface area contributed by atoms with Gasteiger partial charge < -0.3 is 9.47 Å². The van der Waals surface area contributed by atoms with E-state index >= 15 is 0 Å². The largest absolute Gasteiger partial charge is 0.573 e. The van der Waals surface area contributed by atoms with E-state index < -0.39 is 45.4 Å². The van der Waals surface area contributed by atoms with E-state index in [4.69, 9.17) is 0 Å². The van der Waals surface area contributed by atoms with Gasteiger partial charge in [0, 0.05) is 0 Å². The van der Waals surface area contributed by atoms with Gasteiger partial charge in [-0.1, -0.05) is 0 Å². The molecule has 174 valence electrons. The van der Waals surface area contributed by atoms with Gasteiger partial charge in [0.1, 0.15) is 21.3 Å². The maximum Gasteiger partial charge on any atom is 0.573 e. The Morgan fingerprint density at radius 3 is 1.18 bits per heavy atom. The number of rotatable bonds is 6. The van der Waals surface area contributed by atoms with Crippen LogP contribution in [0.3, 0.4) is 0 Å². The zero-order valence-corrected chi connectivity index (χ0v) is 16.5. The highest BCUT2D eigenvalue weighted by Crippen LogP contribution is 2.51. The van der Waals surface area contributed by atoms with Crippen molar-refractivity contribution in [3.05, 3.63) is 68.8 Å². The van der Waals surface area contributed by atoms with Crippen LogP contribution in [0, 0.1) is 20.2 Å². The van der Waals surface area contributed by atoms with E-state index in [1.807, 2.05) is 0 Å². The first-order chi connectivity index (χ1) is 15.2. The second kappa shape index (κ2) is 8.57. The zero-order chi connectivity index (χ0) is 24.6. The molecule has 3 aromatic rings. The number of nitro groups is 2. The lowest BCUT2D eigenvalue weighted by Crippen LogP contribution is -2.16. The Kier molecular flexibility index (Phi) is 6.18. The van der Waals surface area contributed by atoms with Crippen LogP contribution in [-0.4, -0.2) is 22.6 Å². The van der Waals surface area contributed by atoms with Crippen molar-refractivity contribution in [2.45, 2.75) is 12.7 Å². The average molecular weight is 494 g/mol. The molecule has 0 aliphatic carbocycles. The van der Waals surface area contributed by atoms with Crippen LogP contribution in [0.5, 0.6) is 11.5 Å². The second-order valence-corrected chi connectivity index (χ2v) is 7.14. The second-order valence-electron chi connectivity index (χ2n) is 6.12. The van der Waals surface area contributed by atoms with Crippen molar-refractivity contribution in [2.75, 3.05) is 0 Å². The Morgan fingerprint density at radius 2 is 0.939 bits per heavy atom. The molecular weight excluding hydrogens is 486 g/mol. The fourth-order valence-corrected chi connectivity index (χ4v) is 4.01.